The number of nitrogens with zero attached hydrogens (tertiary/aromatic N) is 4. The summed E-state index contributed by atoms with van der Waals surface area (Å²) < 4.78 is 1.67. The van der Waals surface area contributed by atoms with E-state index in [0.717, 1.165) is 29.6 Å². The van der Waals surface area contributed by atoms with Gasteiger partial charge in [0.2, 0.25) is 0 Å². The van der Waals surface area contributed by atoms with Gasteiger partial charge in [-0.15, -0.1) is 0 Å². The number of rotatable bonds is 3. The molecule has 0 saturated heterocycles. The molecule has 20 heavy (non-hydrogen) atoms. The molecule has 1 aliphatic rings. The molecular formula is C14H18N4O2. The summed E-state index contributed by atoms with van der Waals surface area (Å²) in [6, 6.07) is 0.402. The van der Waals surface area contributed by atoms with E-state index < -0.39 is 5.97 Å². The number of carbonyl (C=O) groups is 1. The zero-order valence-corrected chi connectivity index (χ0v) is 11.7. The normalized spacial score (nSPS) is 15.9. The molecule has 6 nitrogen and oxygen atoms in total. The third-order valence-electron chi connectivity index (χ3n) is 4.19. The Kier molecular flexibility index (Phi) is 3.08. The highest BCUT2D eigenvalue weighted by molar-refractivity contribution is 6.03. The van der Waals surface area contributed by atoms with Crippen molar-refractivity contribution in [2.75, 3.05) is 11.9 Å². The summed E-state index contributed by atoms with van der Waals surface area (Å²) >= 11 is 0. The minimum absolute atomic E-state index is 0.250. The van der Waals surface area contributed by atoms with Crippen molar-refractivity contribution < 1.29 is 9.90 Å². The van der Waals surface area contributed by atoms with Crippen LogP contribution < -0.4 is 4.90 Å². The van der Waals surface area contributed by atoms with Gasteiger partial charge in [0.1, 0.15) is 5.56 Å². The van der Waals surface area contributed by atoms with Gasteiger partial charge in [0.05, 0.1) is 17.3 Å². The number of pyridine rings is 1. The van der Waals surface area contributed by atoms with Gasteiger partial charge in [-0.05, 0) is 12.8 Å². The van der Waals surface area contributed by atoms with E-state index >= 15 is 0 Å². The molecule has 6 heteroatoms. The van der Waals surface area contributed by atoms with Crippen LogP contribution in [0.25, 0.3) is 11.0 Å². The number of aromatic nitrogens is 3. The van der Waals surface area contributed by atoms with Crippen LogP contribution in [0.5, 0.6) is 0 Å². The van der Waals surface area contributed by atoms with Crippen molar-refractivity contribution >= 4 is 22.7 Å². The van der Waals surface area contributed by atoms with Gasteiger partial charge < -0.3 is 10.0 Å². The number of anilines is 1. The topological polar surface area (TPSA) is 71.2 Å². The quantitative estimate of drug-likeness (QED) is 0.927. The van der Waals surface area contributed by atoms with Gasteiger partial charge in [-0.1, -0.05) is 12.8 Å². The fourth-order valence-electron chi connectivity index (χ4n) is 3.09. The summed E-state index contributed by atoms with van der Waals surface area (Å²) in [5.41, 5.74) is 1.71. The lowest BCUT2D eigenvalue weighted by Gasteiger charge is -2.28. The maximum absolute atomic E-state index is 11.5. The Labute approximate surface area is 117 Å². The largest absolute Gasteiger partial charge is 0.478 e. The molecule has 1 N–H and O–H groups in total. The molecule has 1 aliphatic carbocycles. The summed E-state index contributed by atoms with van der Waals surface area (Å²) in [5.74, 6) is -0.942. The summed E-state index contributed by atoms with van der Waals surface area (Å²) in [4.78, 5) is 17.8. The van der Waals surface area contributed by atoms with E-state index in [9.17, 15) is 9.90 Å². The van der Waals surface area contributed by atoms with Gasteiger partial charge in [-0.25, -0.2) is 9.78 Å². The van der Waals surface area contributed by atoms with Crippen LogP contribution >= 0.6 is 0 Å². The summed E-state index contributed by atoms with van der Waals surface area (Å²) in [6.45, 7) is 0. The Morgan fingerprint density at radius 3 is 2.75 bits per heavy atom. The molecule has 0 spiro atoms. The first-order chi connectivity index (χ1) is 9.59. The average Bonchev–Trinajstić information content (AvgIpc) is 3.07. The maximum Gasteiger partial charge on any atom is 0.339 e. The molecule has 1 fully saturated rings. The SMILES string of the molecule is CN(c1c(C(=O)O)cnc2c1cnn2C)C1CCCC1. The number of carboxylic acids is 1. The zero-order chi connectivity index (χ0) is 14.3. The van der Waals surface area contributed by atoms with Crippen LogP contribution in [-0.2, 0) is 7.05 Å². The number of carboxylic acid groups (broad SMARTS) is 1. The predicted molar refractivity (Wildman–Crippen MR) is 76.1 cm³/mol. The molecule has 0 bridgehead atoms. The molecule has 0 atom stereocenters. The van der Waals surface area contributed by atoms with Crippen molar-refractivity contribution in [3.63, 3.8) is 0 Å². The second-order valence-electron chi connectivity index (χ2n) is 5.38. The molecule has 0 amide bonds. The lowest BCUT2D eigenvalue weighted by atomic mass is 10.1. The van der Waals surface area contributed by atoms with E-state index in [2.05, 4.69) is 15.0 Å². The van der Waals surface area contributed by atoms with Gasteiger partial charge in [0.15, 0.2) is 5.65 Å². The molecule has 2 heterocycles. The minimum atomic E-state index is -0.942. The number of aryl methyl sites for hydroxylation is 1. The Balaban J connectivity index is 2.18. The van der Waals surface area contributed by atoms with Gasteiger partial charge in [-0.2, -0.15) is 5.10 Å². The van der Waals surface area contributed by atoms with Crippen molar-refractivity contribution in [3.8, 4) is 0 Å². The molecule has 106 valence electrons. The maximum atomic E-state index is 11.5. The van der Waals surface area contributed by atoms with Crippen LogP contribution in [0.4, 0.5) is 5.69 Å². The highest BCUT2D eigenvalue weighted by Gasteiger charge is 2.26. The fourth-order valence-corrected chi connectivity index (χ4v) is 3.09. The molecule has 2 aromatic rings. The van der Waals surface area contributed by atoms with Gasteiger partial charge in [-0.3, -0.25) is 4.68 Å². The van der Waals surface area contributed by atoms with Crippen LogP contribution in [0.2, 0.25) is 0 Å². The molecule has 0 aromatic carbocycles. The van der Waals surface area contributed by atoms with Crippen molar-refractivity contribution in [2.45, 2.75) is 31.7 Å². The van der Waals surface area contributed by atoms with E-state index in [-0.39, 0.29) is 5.56 Å². The zero-order valence-electron chi connectivity index (χ0n) is 11.7. The second kappa shape index (κ2) is 4.77. The van der Waals surface area contributed by atoms with E-state index in [1.54, 1.807) is 10.9 Å². The third kappa shape index (κ3) is 1.92. The molecule has 0 radical (unpaired) electrons. The van der Waals surface area contributed by atoms with Crippen LogP contribution in [0.15, 0.2) is 12.4 Å². The fraction of sp³-hybridized carbons (Fsp3) is 0.500. The molecule has 3 rings (SSSR count). The van der Waals surface area contributed by atoms with E-state index in [0.29, 0.717) is 6.04 Å². The summed E-state index contributed by atoms with van der Waals surface area (Å²) in [7, 11) is 3.79. The van der Waals surface area contributed by atoms with Crippen LogP contribution in [-0.4, -0.2) is 38.9 Å². The van der Waals surface area contributed by atoms with Crippen molar-refractivity contribution in [1.29, 1.82) is 0 Å². The molecule has 2 aromatic heterocycles. The van der Waals surface area contributed by atoms with E-state index in [4.69, 9.17) is 0 Å². The highest BCUT2D eigenvalue weighted by atomic mass is 16.4. The first-order valence-electron chi connectivity index (χ1n) is 6.86. The highest BCUT2D eigenvalue weighted by Crippen LogP contribution is 2.34. The Morgan fingerprint density at radius 1 is 1.40 bits per heavy atom. The van der Waals surface area contributed by atoms with Gasteiger partial charge in [0, 0.05) is 26.3 Å². The molecule has 0 aliphatic heterocycles. The summed E-state index contributed by atoms with van der Waals surface area (Å²) in [5, 5.41) is 14.4. The van der Waals surface area contributed by atoms with Crippen molar-refractivity contribution in [3.05, 3.63) is 18.0 Å². The van der Waals surface area contributed by atoms with Crippen LogP contribution in [0.3, 0.4) is 0 Å². The Bertz CT molecular complexity index is 658. The Hall–Kier alpha value is -2.11. The molecule has 1 saturated carbocycles. The van der Waals surface area contributed by atoms with Gasteiger partial charge in [0.25, 0.3) is 0 Å². The minimum Gasteiger partial charge on any atom is -0.478 e. The predicted octanol–water partition coefficient (Wildman–Crippen LogP) is 2.05. The third-order valence-corrected chi connectivity index (χ3v) is 4.19. The number of hydrogen-bond acceptors (Lipinski definition) is 4. The number of fused-ring (bicyclic) bond motifs is 1. The summed E-state index contributed by atoms with van der Waals surface area (Å²) in [6.07, 6.45) is 7.78. The van der Waals surface area contributed by atoms with Crippen molar-refractivity contribution in [1.82, 2.24) is 14.8 Å². The second-order valence-corrected chi connectivity index (χ2v) is 5.38. The lowest BCUT2D eigenvalue weighted by molar-refractivity contribution is 0.0697. The molecular weight excluding hydrogens is 256 g/mol. The molecule has 0 unspecified atom stereocenters. The number of aromatic carboxylic acids is 1. The van der Waals surface area contributed by atoms with E-state index in [1.165, 1.54) is 19.0 Å². The van der Waals surface area contributed by atoms with Crippen LogP contribution in [0, 0.1) is 0 Å². The van der Waals surface area contributed by atoms with Crippen LogP contribution in [0.1, 0.15) is 36.0 Å². The standard InChI is InChI=1S/C14H18N4O2/c1-17(9-5-3-4-6-9)12-10-8-16-18(2)13(10)15-7-11(12)14(19)20/h7-9H,3-6H2,1-2H3,(H,19,20). The smallest absolute Gasteiger partial charge is 0.339 e. The Morgan fingerprint density at radius 2 is 2.10 bits per heavy atom. The number of hydrogen-bond donors (Lipinski definition) is 1. The van der Waals surface area contributed by atoms with Crippen molar-refractivity contribution in [2.24, 2.45) is 7.05 Å². The monoisotopic (exact) mass is 274 g/mol. The average molecular weight is 274 g/mol. The first kappa shape index (κ1) is 12.9. The first-order valence-corrected chi connectivity index (χ1v) is 6.86. The lowest BCUT2D eigenvalue weighted by Crippen LogP contribution is -2.30. The van der Waals surface area contributed by atoms with Gasteiger partial charge >= 0.3 is 5.97 Å². The van der Waals surface area contributed by atoms with E-state index in [1.807, 2.05) is 14.1 Å².